The van der Waals surface area contributed by atoms with Gasteiger partial charge in [0.2, 0.25) is 0 Å². The highest BCUT2D eigenvalue weighted by molar-refractivity contribution is 6.02. The van der Waals surface area contributed by atoms with Gasteiger partial charge in [-0.05, 0) is 55.9 Å². The molecule has 8 heteroatoms. The number of nitrogens with zero attached hydrogens (tertiary/aromatic N) is 1. The summed E-state index contributed by atoms with van der Waals surface area (Å²) >= 11 is 0. The molecule has 0 aromatic heterocycles. The Balaban J connectivity index is 2.36. The van der Waals surface area contributed by atoms with Crippen LogP contribution in [-0.4, -0.2) is 29.1 Å². The Morgan fingerprint density at radius 1 is 1.06 bits per heavy atom. The number of hydrogen-bond acceptors (Lipinski definition) is 5. The Labute approximate surface area is 188 Å². The fourth-order valence-electron chi connectivity index (χ4n) is 3.06. The first-order valence-electron chi connectivity index (χ1n) is 10.6. The van der Waals surface area contributed by atoms with E-state index in [1.54, 1.807) is 26.8 Å². The van der Waals surface area contributed by atoms with E-state index in [-0.39, 0.29) is 23.7 Å². The van der Waals surface area contributed by atoms with Crippen molar-refractivity contribution in [2.75, 3.05) is 6.54 Å². The lowest BCUT2D eigenvalue weighted by Crippen LogP contribution is -2.32. The Hall–Kier alpha value is -3.42. The number of ether oxygens (including phenoxy) is 1. The van der Waals surface area contributed by atoms with E-state index >= 15 is 0 Å². The molecule has 0 atom stereocenters. The first kappa shape index (κ1) is 24.8. The zero-order chi connectivity index (χ0) is 23.9. The standard InChI is InChI=1S/C24H31N3O5/c1-16(2)12-13-25-22(28)21-14-18(27(30)31)10-11-20(21)19-9-7-6-8-17(19)15-26-23(29)32-24(3,4)5/h6-11,14,16H,12-13,15H2,1-5H3,(H,25,28)(H,26,29). The summed E-state index contributed by atoms with van der Waals surface area (Å²) in [4.78, 5) is 35.8. The molecule has 0 unspecified atom stereocenters. The van der Waals surface area contributed by atoms with Crippen molar-refractivity contribution in [2.24, 2.45) is 5.92 Å². The second-order valence-corrected chi connectivity index (χ2v) is 8.94. The fraction of sp³-hybridized carbons (Fsp3) is 0.417. The smallest absolute Gasteiger partial charge is 0.407 e. The minimum Gasteiger partial charge on any atom is -0.444 e. The van der Waals surface area contributed by atoms with E-state index in [2.05, 4.69) is 24.5 Å². The molecule has 172 valence electrons. The molecule has 0 saturated carbocycles. The molecule has 0 radical (unpaired) electrons. The van der Waals surface area contributed by atoms with Gasteiger partial charge < -0.3 is 15.4 Å². The number of rotatable bonds is 8. The van der Waals surface area contributed by atoms with E-state index in [9.17, 15) is 19.7 Å². The Kier molecular flexibility index (Phi) is 8.34. The lowest BCUT2D eigenvalue weighted by Gasteiger charge is -2.20. The van der Waals surface area contributed by atoms with Crippen LogP contribution in [0.2, 0.25) is 0 Å². The topological polar surface area (TPSA) is 111 Å². The van der Waals surface area contributed by atoms with Crippen molar-refractivity contribution in [3.63, 3.8) is 0 Å². The maximum atomic E-state index is 12.9. The average Bonchev–Trinajstić information content (AvgIpc) is 2.70. The normalized spacial score (nSPS) is 11.2. The van der Waals surface area contributed by atoms with Gasteiger partial charge in [-0.25, -0.2) is 4.79 Å². The van der Waals surface area contributed by atoms with Crippen LogP contribution in [0.25, 0.3) is 11.1 Å². The molecule has 2 aromatic rings. The van der Waals surface area contributed by atoms with Crippen molar-refractivity contribution < 1.29 is 19.2 Å². The number of alkyl carbamates (subject to hydrolysis) is 1. The fourth-order valence-corrected chi connectivity index (χ4v) is 3.06. The van der Waals surface area contributed by atoms with Gasteiger partial charge in [0.05, 0.1) is 10.5 Å². The second-order valence-electron chi connectivity index (χ2n) is 8.94. The minimum absolute atomic E-state index is 0.160. The van der Waals surface area contributed by atoms with Gasteiger partial charge >= 0.3 is 6.09 Å². The van der Waals surface area contributed by atoms with Gasteiger partial charge in [-0.15, -0.1) is 0 Å². The molecule has 0 bridgehead atoms. The molecular formula is C24H31N3O5. The first-order chi connectivity index (χ1) is 15.0. The molecule has 0 aliphatic rings. The number of carbonyl (C=O) groups is 2. The third-order valence-corrected chi connectivity index (χ3v) is 4.60. The van der Waals surface area contributed by atoms with Gasteiger partial charge in [0, 0.05) is 25.2 Å². The van der Waals surface area contributed by atoms with Crippen molar-refractivity contribution in [2.45, 2.75) is 53.2 Å². The highest BCUT2D eigenvalue weighted by Crippen LogP contribution is 2.30. The zero-order valence-electron chi connectivity index (χ0n) is 19.2. The highest BCUT2D eigenvalue weighted by atomic mass is 16.6. The number of hydrogen-bond donors (Lipinski definition) is 2. The van der Waals surface area contributed by atoms with Crippen LogP contribution in [0.15, 0.2) is 42.5 Å². The molecule has 8 nitrogen and oxygen atoms in total. The van der Waals surface area contributed by atoms with E-state index in [4.69, 9.17) is 4.74 Å². The molecule has 2 aromatic carbocycles. The van der Waals surface area contributed by atoms with Gasteiger partial charge in [0.25, 0.3) is 11.6 Å². The van der Waals surface area contributed by atoms with Crippen molar-refractivity contribution in [1.29, 1.82) is 0 Å². The summed E-state index contributed by atoms with van der Waals surface area (Å²) in [5.74, 6) is 0.0405. The number of non-ortho nitro benzene ring substituents is 1. The number of benzene rings is 2. The largest absolute Gasteiger partial charge is 0.444 e. The average molecular weight is 442 g/mol. The molecule has 0 aliphatic carbocycles. The van der Waals surface area contributed by atoms with E-state index in [0.29, 0.717) is 23.6 Å². The molecule has 0 aliphatic heterocycles. The molecule has 2 rings (SSSR count). The van der Waals surface area contributed by atoms with Crippen LogP contribution >= 0.6 is 0 Å². The monoisotopic (exact) mass is 441 g/mol. The second kappa shape index (κ2) is 10.7. The number of amides is 2. The van der Waals surface area contributed by atoms with E-state index in [1.807, 2.05) is 24.3 Å². The molecule has 2 N–H and O–H groups in total. The Morgan fingerprint density at radius 3 is 2.38 bits per heavy atom. The molecule has 2 amide bonds. The third-order valence-electron chi connectivity index (χ3n) is 4.60. The van der Waals surface area contributed by atoms with Crippen LogP contribution in [0.4, 0.5) is 10.5 Å². The Bertz CT molecular complexity index is 980. The molecule has 0 heterocycles. The maximum Gasteiger partial charge on any atom is 0.407 e. The maximum absolute atomic E-state index is 12.9. The SMILES string of the molecule is CC(C)CCNC(=O)c1cc([N+](=O)[O-])ccc1-c1ccccc1CNC(=O)OC(C)(C)C. The van der Waals surface area contributed by atoms with Crippen LogP contribution < -0.4 is 10.6 Å². The van der Waals surface area contributed by atoms with Gasteiger partial charge in [-0.1, -0.05) is 38.1 Å². The lowest BCUT2D eigenvalue weighted by atomic mass is 9.94. The molecule has 0 fully saturated rings. The van der Waals surface area contributed by atoms with Gasteiger partial charge in [-0.2, -0.15) is 0 Å². The van der Waals surface area contributed by atoms with Crippen LogP contribution in [0, 0.1) is 16.0 Å². The van der Waals surface area contributed by atoms with E-state index in [0.717, 1.165) is 12.0 Å². The number of carbonyl (C=O) groups excluding carboxylic acids is 2. The van der Waals surface area contributed by atoms with Crippen LogP contribution in [0.1, 0.15) is 57.0 Å². The number of nitrogens with one attached hydrogen (secondary N) is 2. The van der Waals surface area contributed by atoms with Crippen LogP contribution in [0.3, 0.4) is 0 Å². The molecule has 32 heavy (non-hydrogen) atoms. The number of nitro benzene ring substituents is 1. The summed E-state index contributed by atoms with van der Waals surface area (Å²) in [6, 6.07) is 11.5. The van der Waals surface area contributed by atoms with Crippen LogP contribution in [0.5, 0.6) is 0 Å². The summed E-state index contributed by atoms with van der Waals surface area (Å²) in [7, 11) is 0. The minimum atomic E-state index is -0.622. The summed E-state index contributed by atoms with van der Waals surface area (Å²) in [5, 5.41) is 16.9. The summed E-state index contributed by atoms with van der Waals surface area (Å²) in [6.07, 6.45) is 0.245. The zero-order valence-corrected chi connectivity index (χ0v) is 19.2. The quantitative estimate of drug-likeness (QED) is 0.439. The Morgan fingerprint density at radius 2 is 1.75 bits per heavy atom. The third kappa shape index (κ3) is 7.37. The van der Waals surface area contributed by atoms with E-state index < -0.39 is 16.6 Å². The van der Waals surface area contributed by atoms with Gasteiger partial charge in [-0.3, -0.25) is 14.9 Å². The predicted molar refractivity (Wildman–Crippen MR) is 123 cm³/mol. The van der Waals surface area contributed by atoms with Gasteiger partial charge in [0.15, 0.2) is 0 Å². The first-order valence-corrected chi connectivity index (χ1v) is 10.6. The van der Waals surface area contributed by atoms with Gasteiger partial charge in [0.1, 0.15) is 5.60 Å². The molecule has 0 saturated heterocycles. The van der Waals surface area contributed by atoms with Crippen LogP contribution in [-0.2, 0) is 11.3 Å². The van der Waals surface area contributed by atoms with E-state index in [1.165, 1.54) is 12.1 Å². The number of nitro groups is 1. The molecular weight excluding hydrogens is 410 g/mol. The van der Waals surface area contributed by atoms with Crippen molar-refractivity contribution in [3.05, 3.63) is 63.7 Å². The summed E-state index contributed by atoms with van der Waals surface area (Å²) < 4.78 is 5.28. The van der Waals surface area contributed by atoms with Crippen molar-refractivity contribution >= 4 is 17.7 Å². The van der Waals surface area contributed by atoms with Crippen molar-refractivity contribution in [3.8, 4) is 11.1 Å². The van der Waals surface area contributed by atoms with Crippen molar-refractivity contribution in [1.82, 2.24) is 10.6 Å². The lowest BCUT2D eigenvalue weighted by molar-refractivity contribution is -0.384. The summed E-state index contributed by atoms with van der Waals surface area (Å²) in [6.45, 7) is 10.1. The highest BCUT2D eigenvalue weighted by Gasteiger charge is 2.20. The summed E-state index contributed by atoms with van der Waals surface area (Å²) in [5.41, 5.74) is 1.44. The molecule has 0 spiro atoms. The predicted octanol–water partition coefficient (Wildman–Crippen LogP) is 5.06.